The van der Waals surface area contributed by atoms with Crippen molar-refractivity contribution in [2.24, 2.45) is 5.92 Å². The molecular formula is C12H14F2O2. The first-order valence-corrected chi connectivity index (χ1v) is 5.13. The molecule has 1 atom stereocenters. The van der Waals surface area contributed by atoms with Crippen LogP contribution in [0.25, 0.3) is 0 Å². The number of ketones is 1. The molecule has 1 aromatic carbocycles. The molecule has 0 aliphatic carbocycles. The zero-order valence-corrected chi connectivity index (χ0v) is 9.24. The molecule has 0 saturated carbocycles. The number of carbonyl (C=O) groups is 1. The Kier molecular flexibility index (Phi) is 4.40. The van der Waals surface area contributed by atoms with Crippen LogP contribution in [-0.2, 0) is 0 Å². The molecule has 0 saturated heterocycles. The quantitative estimate of drug-likeness (QED) is 0.721. The average molecular weight is 228 g/mol. The van der Waals surface area contributed by atoms with E-state index in [2.05, 4.69) is 4.74 Å². The molecule has 0 N–H and O–H groups in total. The molecule has 4 heteroatoms. The highest BCUT2D eigenvalue weighted by Crippen LogP contribution is 2.19. The molecule has 88 valence electrons. The first-order valence-electron chi connectivity index (χ1n) is 5.13. The zero-order chi connectivity index (χ0) is 12.1. The monoisotopic (exact) mass is 228 g/mol. The zero-order valence-electron chi connectivity index (χ0n) is 9.24. The summed E-state index contributed by atoms with van der Waals surface area (Å²) in [6.07, 6.45) is 0.721. The molecule has 16 heavy (non-hydrogen) atoms. The van der Waals surface area contributed by atoms with Crippen molar-refractivity contribution in [1.82, 2.24) is 0 Å². The van der Waals surface area contributed by atoms with E-state index in [1.807, 2.05) is 13.8 Å². The Morgan fingerprint density at radius 3 is 2.69 bits per heavy atom. The number of ether oxygens (including phenoxy) is 1. The van der Waals surface area contributed by atoms with Gasteiger partial charge in [0.2, 0.25) is 0 Å². The van der Waals surface area contributed by atoms with Crippen LogP contribution in [-0.4, -0.2) is 12.4 Å². The fourth-order valence-corrected chi connectivity index (χ4v) is 1.30. The predicted octanol–water partition coefficient (Wildman–Crippen LogP) is 3.52. The van der Waals surface area contributed by atoms with Gasteiger partial charge in [-0.25, -0.2) is 0 Å². The lowest BCUT2D eigenvalue weighted by atomic mass is 9.97. The van der Waals surface area contributed by atoms with E-state index in [1.54, 1.807) is 6.07 Å². The van der Waals surface area contributed by atoms with Crippen molar-refractivity contribution >= 4 is 5.78 Å². The van der Waals surface area contributed by atoms with Crippen molar-refractivity contribution in [3.63, 3.8) is 0 Å². The maximum atomic E-state index is 12.0. The first-order chi connectivity index (χ1) is 7.54. The molecule has 1 unspecified atom stereocenters. The minimum Gasteiger partial charge on any atom is -0.435 e. The summed E-state index contributed by atoms with van der Waals surface area (Å²) in [4.78, 5) is 11.8. The summed E-state index contributed by atoms with van der Waals surface area (Å²) in [7, 11) is 0. The van der Waals surface area contributed by atoms with Crippen molar-refractivity contribution in [1.29, 1.82) is 0 Å². The number of hydrogen-bond acceptors (Lipinski definition) is 2. The Morgan fingerprint density at radius 1 is 1.44 bits per heavy atom. The third kappa shape index (κ3) is 3.29. The van der Waals surface area contributed by atoms with Crippen LogP contribution >= 0.6 is 0 Å². The van der Waals surface area contributed by atoms with Crippen molar-refractivity contribution in [2.45, 2.75) is 26.9 Å². The van der Waals surface area contributed by atoms with Gasteiger partial charge < -0.3 is 4.74 Å². The minimum atomic E-state index is -2.87. The highest BCUT2D eigenvalue weighted by molar-refractivity contribution is 5.97. The molecule has 2 nitrogen and oxygen atoms in total. The molecule has 0 spiro atoms. The molecule has 0 aliphatic heterocycles. The van der Waals surface area contributed by atoms with Gasteiger partial charge in [0.25, 0.3) is 0 Å². The minimum absolute atomic E-state index is 0.0177. The second-order valence-corrected chi connectivity index (χ2v) is 3.58. The van der Waals surface area contributed by atoms with E-state index in [0.29, 0.717) is 5.56 Å². The predicted molar refractivity (Wildman–Crippen MR) is 56.9 cm³/mol. The maximum absolute atomic E-state index is 12.0. The van der Waals surface area contributed by atoms with Gasteiger partial charge in [-0.3, -0.25) is 4.79 Å². The van der Waals surface area contributed by atoms with Crippen molar-refractivity contribution < 1.29 is 18.3 Å². The van der Waals surface area contributed by atoms with Crippen LogP contribution in [0.4, 0.5) is 8.78 Å². The van der Waals surface area contributed by atoms with E-state index in [4.69, 9.17) is 0 Å². The van der Waals surface area contributed by atoms with Gasteiger partial charge in [-0.2, -0.15) is 8.78 Å². The van der Waals surface area contributed by atoms with E-state index >= 15 is 0 Å². The van der Waals surface area contributed by atoms with Crippen molar-refractivity contribution in [3.05, 3.63) is 29.8 Å². The lowest BCUT2D eigenvalue weighted by Gasteiger charge is -2.09. The second-order valence-electron chi connectivity index (χ2n) is 3.58. The van der Waals surface area contributed by atoms with Crippen LogP contribution in [0.1, 0.15) is 30.6 Å². The SMILES string of the molecule is CCC(C)C(=O)c1cccc(OC(F)F)c1. The molecule has 0 radical (unpaired) electrons. The normalized spacial score (nSPS) is 12.6. The molecule has 0 amide bonds. The van der Waals surface area contributed by atoms with E-state index in [-0.39, 0.29) is 17.5 Å². The number of carbonyl (C=O) groups excluding carboxylic acids is 1. The third-order valence-corrected chi connectivity index (χ3v) is 2.40. The van der Waals surface area contributed by atoms with Gasteiger partial charge >= 0.3 is 6.61 Å². The van der Waals surface area contributed by atoms with Gasteiger partial charge in [0, 0.05) is 11.5 Å². The number of hydrogen-bond donors (Lipinski definition) is 0. The lowest BCUT2D eigenvalue weighted by molar-refractivity contribution is -0.0498. The lowest BCUT2D eigenvalue weighted by Crippen LogP contribution is -2.10. The molecule has 1 aromatic rings. The number of Topliss-reactive ketones (excluding diaryl/α,β-unsaturated/α-hetero) is 1. The van der Waals surface area contributed by atoms with Crippen LogP contribution in [0.5, 0.6) is 5.75 Å². The van der Waals surface area contributed by atoms with E-state index in [9.17, 15) is 13.6 Å². The van der Waals surface area contributed by atoms with Crippen LogP contribution in [0.3, 0.4) is 0 Å². The fourth-order valence-electron chi connectivity index (χ4n) is 1.30. The van der Waals surface area contributed by atoms with Gasteiger partial charge in [0.05, 0.1) is 0 Å². The van der Waals surface area contributed by atoms with Gasteiger partial charge in [-0.1, -0.05) is 26.0 Å². The van der Waals surface area contributed by atoms with Crippen molar-refractivity contribution in [2.75, 3.05) is 0 Å². The molecular weight excluding hydrogens is 214 g/mol. The van der Waals surface area contributed by atoms with E-state index in [0.717, 1.165) is 6.42 Å². The maximum Gasteiger partial charge on any atom is 0.387 e. The summed E-state index contributed by atoms with van der Waals surface area (Å²) in [5, 5.41) is 0. The molecule has 0 aromatic heterocycles. The molecule has 0 bridgehead atoms. The van der Waals surface area contributed by atoms with Crippen LogP contribution in [0.2, 0.25) is 0 Å². The van der Waals surface area contributed by atoms with Crippen LogP contribution in [0, 0.1) is 5.92 Å². The van der Waals surface area contributed by atoms with Gasteiger partial charge in [0.15, 0.2) is 5.78 Å². The first kappa shape index (κ1) is 12.6. The van der Waals surface area contributed by atoms with Crippen molar-refractivity contribution in [3.8, 4) is 5.75 Å². The molecule has 0 fully saturated rings. The van der Waals surface area contributed by atoms with E-state index in [1.165, 1.54) is 18.2 Å². The Morgan fingerprint density at radius 2 is 2.12 bits per heavy atom. The highest BCUT2D eigenvalue weighted by Gasteiger charge is 2.14. The Bertz CT molecular complexity index is 364. The summed E-state index contributed by atoms with van der Waals surface area (Å²) in [5.41, 5.74) is 0.410. The summed E-state index contributed by atoms with van der Waals surface area (Å²) >= 11 is 0. The summed E-state index contributed by atoms with van der Waals surface area (Å²) in [6, 6.07) is 5.89. The molecule has 1 rings (SSSR count). The highest BCUT2D eigenvalue weighted by atomic mass is 19.3. The van der Waals surface area contributed by atoms with Gasteiger partial charge in [-0.15, -0.1) is 0 Å². The van der Waals surface area contributed by atoms with Crippen LogP contribution in [0.15, 0.2) is 24.3 Å². The topological polar surface area (TPSA) is 26.3 Å². The number of rotatable bonds is 5. The third-order valence-electron chi connectivity index (χ3n) is 2.40. The Balaban J connectivity index is 2.85. The Labute approximate surface area is 93.2 Å². The fraction of sp³-hybridized carbons (Fsp3) is 0.417. The Hall–Kier alpha value is -1.45. The standard InChI is InChI=1S/C12H14F2O2/c1-3-8(2)11(15)9-5-4-6-10(7-9)16-12(13)14/h4-8,12H,3H2,1-2H3. The number of halogens is 2. The summed E-state index contributed by atoms with van der Waals surface area (Å²) < 4.78 is 28.2. The summed E-state index contributed by atoms with van der Waals surface area (Å²) in [5.74, 6) is -0.145. The van der Waals surface area contributed by atoms with Crippen LogP contribution < -0.4 is 4.74 Å². The number of benzene rings is 1. The smallest absolute Gasteiger partial charge is 0.387 e. The largest absolute Gasteiger partial charge is 0.435 e. The van der Waals surface area contributed by atoms with E-state index < -0.39 is 6.61 Å². The number of alkyl halides is 2. The summed E-state index contributed by atoms with van der Waals surface area (Å²) in [6.45, 7) is 0.847. The molecule has 0 heterocycles. The average Bonchev–Trinajstić information content (AvgIpc) is 2.26. The van der Waals surface area contributed by atoms with Gasteiger partial charge in [0.1, 0.15) is 5.75 Å². The van der Waals surface area contributed by atoms with Gasteiger partial charge in [-0.05, 0) is 18.6 Å². The second kappa shape index (κ2) is 5.58. The molecule has 0 aliphatic rings.